The third-order valence-electron chi connectivity index (χ3n) is 2.19. The summed E-state index contributed by atoms with van der Waals surface area (Å²) in [6.45, 7) is 0. The van der Waals surface area contributed by atoms with E-state index in [1.54, 1.807) is 18.2 Å². The second kappa shape index (κ2) is 5.29. The SMILES string of the molecule is O=[N+]([O-])c1ccc(Sc2ccc(Cl)cc2)cc1O. The maximum Gasteiger partial charge on any atom is 0.310 e. The highest BCUT2D eigenvalue weighted by Crippen LogP contribution is 2.34. The molecule has 0 saturated heterocycles. The molecule has 0 aromatic heterocycles. The van der Waals surface area contributed by atoms with Gasteiger partial charge in [-0.2, -0.15) is 0 Å². The molecule has 2 aromatic carbocycles. The highest BCUT2D eigenvalue weighted by Gasteiger charge is 2.13. The molecule has 2 rings (SSSR count). The van der Waals surface area contributed by atoms with E-state index in [1.165, 1.54) is 23.9 Å². The van der Waals surface area contributed by atoms with Crippen LogP contribution in [0, 0.1) is 10.1 Å². The van der Waals surface area contributed by atoms with Crippen LogP contribution in [0.3, 0.4) is 0 Å². The number of rotatable bonds is 3. The van der Waals surface area contributed by atoms with Crippen LogP contribution in [-0.2, 0) is 0 Å². The van der Waals surface area contributed by atoms with Gasteiger partial charge in [-0.15, -0.1) is 0 Å². The maximum atomic E-state index is 10.6. The van der Waals surface area contributed by atoms with E-state index in [2.05, 4.69) is 0 Å². The van der Waals surface area contributed by atoms with Crippen molar-refractivity contribution in [2.45, 2.75) is 9.79 Å². The number of hydrogen-bond donors (Lipinski definition) is 1. The summed E-state index contributed by atoms with van der Waals surface area (Å²) in [6.07, 6.45) is 0. The molecule has 0 radical (unpaired) electrons. The Morgan fingerprint density at radius 1 is 1.11 bits per heavy atom. The van der Waals surface area contributed by atoms with E-state index >= 15 is 0 Å². The van der Waals surface area contributed by atoms with Crippen molar-refractivity contribution < 1.29 is 10.0 Å². The zero-order chi connectivity index (χ0) is 13.1. The molecule has 92 valence electrons. The number of nitro groups is 1. The lowest BCUT2D eigenvalue weighted by molar-refractivity contribution is -0.385. The van der Waals surface area contributed by atoms with Crippen LogP contribution in [0.4, 0.5) is 5.69 Å². The predicted octanol–water partition coefficient (Wildman–Crippen LogP) is 4.11. The Hall–Kier alpha value is -1.72. The molecule has 0 heterocycles. The minimum atomic E-state index is -0.619. The molecule has 0 atom stereocenters. The molecule has 0 fully saturated rings. The first-order chi connectivity index (χ1) is 8.56. The zero-order valence-electron chi connectivity index (χ0n) is 9.04. The van der Waals surface area contributed by atoms with Crippen LogP contribution in [0.1, 0.15) is 0 Å². The molecule has 18 heavy (non-hydrogen) atoms. The normalized spacial score (nSPS) is 10.3. The fourth-order valence-electron chi connectivity index (χ4n) is 1.36. The van der Waals surface area contributed by atoms with E-state index in [9.17, 15) is 15.2 Å². The van der Waals surface area contributed by atoms with E-state index in [4.69, 9.17) is 11.6 Å². The van der Waals surface area contributed by atoms with Gasteiger partial charge in [0.2, 0.25) is 0 Å². The molecule has 0 amide bonds. The lowest BCUT2D eigenvalue weighted by Crippen LogP contribution is -1.88. The molecule has 0 unspecified atom stereocenters. The Labute approximate surface area is 112 Å². The Kier molecular flexibility index (Phi) is 3.74. The van der Waals surface area contributed by atoms with Gasteiger partial charge in [-0.3, -0.25) is 10.1 Å². The van der Waals surface area contributed by atoms with Crippen LogP contribution in [-0.4, -0.2) is 10.0 Å². The number of nitrogens with zero attached hydrogens (tertiary/aromatic N) is 1. The standard InChI is InChI=1S/C12H8ClNO3S/c13-8-1-3-9(4-2-8)18-10-5-6-11(14(16)17)12(15)7-10/h1-7,15H. The monoisotopic (exact) mass is 281 g/mol. The van der Waals surface area contributed by atoms with Gasteiger partial charge >= 0.3 is 5.69 Å². The lowest BCUT2D eigenvalue weighted by atomic mass is 10.3. The Balaban J connectivity index is 2.22. The van der Waals surface area contributed by atoms with Gasteiger partial charge in [0, 0.05) is 26.9 Å². The summed E-state index contributed by atoms with van der Waals surface area (Å²) in [5.74, 6) is -0.334. The van der Waals surface area contributed by atoms with Crippen molar-refractivity contribution in [3.05, 3.63) is 57.6 Å². The van der Waals surface area contributed by atoms with E-state index in [0.717, 1.165) is 9.79 Å². The third kappa shape index (κ3) is 2.94. The first kappa shape index (κ1) is 12.7. The minimum Gasteiger partial charge on any atom is -0.502 e. The summed E-state index contributed by atoms with van der Waals surface area (Å²) in [7, 11) is 0. The fourth-order valence-corrected chi connectivity index (χ4v) is 2.34. The molecular formula is C12H8ClNO3S. The van der Waals surface area contributed by atoms with E-state index < -0.39 is 4.92 Å². The van der Waals surface area contributed by atoms with Crippen molar-refractivity contribution in [2.75, 3.05) is 0 Å². The van der Waals surface area contributed by atoms with Crippen LogP contribution in [0.5, 0.6) is 5.75 Å². The fraction of sp³-hybridized carbons (Fsp3) is 0. The minimum absolute atomic E-state index is 0.296. The van der Waals surface area contributed by atoms with Crippen molar-refractivity contribution >= 4 is 29.1 Å². The molecule has 2 aromatic rings. The summed E-state index contributed by atoms with van der Waals surface area (Å²) in [6, 6.07) is 11.4. The number of nitro benzene ring substituents is 1. The molecule has 0 aliphatic heterocycles. The smallest absolute Gasteiger partial charge is 0.310 e. The van der Waals surface area contributed by atoms with Gasteiger partial charge in [0.05, 0.1) is 4.92 Å². The van der Waals surface area contributed by atoms with E-state index in [1.807, 2.05) is 12.1 Å². The predicted molar refractivity (Wildman–Crippen MR) is 70.3 cm³/mol. The van der Waals surface area contributed by atoms with Gasteiger partial charge in [-0.1, -0.05) is 23.4 Å². The topological polar surface area (TPSA) is 63.4 Å². The summed E-state index contributed by atoms with van der Waals surface area (Å²) < 4.78 is 0. The largest absolute Gasteiger partial charge is 0.502 e. The van der Waals surface area contributed by atoms with Crippen molar-refractivity contribution in [1.82, 2.24) is 0 Å². The number of halogens is 1. The van der Waals surface area contributed by atoms with Crippen molar-refractivity contribution in [3.63, 3.8) is 0 Å². The van der Waals surface area contributed by atoms with Gasteiger partial charge in [-0.05, 0) is 30.3 Å². The molecular weight excluding hydrogens is 274 g/mol. The molecule has 0 saturated carbocycles. The average Bonchev–Trinajstić information content (AvgIpc) is 2.32. The lowest BCUT2D eigenvalue weighted by Gasteiger charge is -2.03. The summed E-state index contributed by atoms with van der Waals surface area (Å²) in [5.41, 5.74) is -0.296. The molecule has 4 nitrogen and oxygen atoms in total. The summed E-state index contributed by atoms with van der Waals surface area (Å²) >= 11 is 7.16. The van der Waals surface area contributed by atoms with Gasteiger partial charge in [0.25, 0.3) is 0 Å². The van der Waals surface area contributed by atoms with Gasteiger partial charge in [0.1, 0.15) is 0 Å². The molecule has 0 spiro atoms. The zero-order valence-corrected chi connectivity index (χ0v) is 10.6. The Morgan fingerprint density at radius 2 is 1.72 bits per heavy atom. The second-order valence-electron chi connectivity index (χ2n) is 3.46. The number of aromatic hydroxyl groups is 1. The molecule has 6 heteroatoms. The highest BCUT2D eigenvalue weighted by atomic mass is 35.5. The molecule has 0 aliphatic carbocycles. The quantitative estimate of drug-likeness (QED) is 0.679. The maximum absolute atomic E-state index is 10.6. The summed E-state index contributed by atoms with van der Waals surface area (Å²) in [5, 5.41) is 20.7. The van der Waals surface area contributed by atoms with E-state index in [-0.39, 0.29) is 11.4 Å². The van der Waals surface area contributed by atoms with Crippen LogP contribution >= 0.6 is 23.4 Å². The van der Waals surface area contributed by atoms with Gasteiger partial charge in [-0.25, -0.2) is 0 Å². The van der Waals surface area contributed by atoms with Crippen LogP contribution in [0.2, 0.25) is 5.02 Å². The average molecular weight is 282 g/mol. The van der Waals surface area contributed by atoms with Crippen molar-refractivity contribution in [1.29, 1.82) is 0 Å². The second-order valence-corrected chi connectivity index (χ2v) is 5.05. The molecule has 0 bridgehead atoms. The number of benzene rings is 2. The number of hydrogen-bond acceptors (Lipinski definition) is 4. The van der Waals surface area contributed by atoms with Crippen LogP contribution in [0.25, 0.3) is 0 Å². The van der Waals surface area contributed by atoms with Gasteiger partial charge < -0.3 is 5.11 Å². The molecule has 0 aliphatic rings. The first-order valence-electron chi connectivity index (χ1n) is 4.97. The van der Waals surface area contributed by atoms with Crippen LogP contribution in [0.15, 0.2) is 52.3 Å². The van der Waals surface area contributed by atoms with Crippen LogP contribution < -0.4 is 0 Å². The van der Waals surface area contributed by atoms with Crippen molar-refractivity contribution in [3.8, 4) is 5.75 Å². The Bertz CT molecular complexity index is 586. The number of phenols is 1. The molecule has 1 N–H and O–H groups in total. The van der Waals surface area contributed by atoms with E-state index in [0.29, 0.717) is 5.02 Å². The van der Waals surface area contributed by atoms with Crippen molar-refractivity contribution in [2.24, 2.45) is 0 Å². The third-order valence-corrected chi connectivity index (χ3v) is 3.44. The first-order valence-corrected chi connectivity index (χ1v) is 6.16. The Morgan fingerprint density at radius 3 is 2.28 bits per heavy atom. The summed E-state index contributed by atoms with van der Waals surface area (Å²) in [4.78, 5) is 11.6. The highest BCUT2D eigenvalue weighted by molar-refractivity contribution is 7.99. The van der Waals surface area contributed by atoms with Gasteiger partial charge in [0.15, 0.2) is 5.75 Å². The number of phenolic OH excluding ortho intramolecular Hbond substituents is 1.